The fourth-order valence-corrected chi connectivity index (χ4v) is 2.24. The van der Waals surface area contributed by atoms with Gasteiger partial charge in [0.1, 0.15) is 5.82 Å². The Morgan fingerprint density at radius 2 is 2.38 bits per heavy atom. The van der Waals surface area contributed by atoms with Crippen LogP contribution in [0.3, 0.4) is 0 Å². The van der Waals surface area contributed by atoms with Crippen molar-refractivity contribution in [2.24, 2.45) is 5.92 Å². The molecule has 72 valence electrons. The highest BCUT2D eigenvalue weighted by Crippen LogP contribution is 2.34. The molecule has 0 amide bonds. The van der Waals surface area contributed by atoms with Crippen LogP contribution < -0.4 is 0 Å². The topological polar surface area (TPSA) is 41.8 Å². The minimum atomic E-state index is 0.327. The molecular formula is C9H14N2OS. The summed E-state index contributed by atoms with van der Waals surface area (Å²) in [5, 5.41) is 2.81. The molecule has 1 N–H and O–H groups in total. The van der Waals surface area contributed by atoms with Gasteiger partial charge in [-0.2, -0.15) is 4.98 Å². The Morgan fingerprint density at radius 1 is 1.54 bits per heavy atom. The highest BCUT2D eigenvalue weighted by molar-refractivity contribution is 7.71. The van der Waals surface area contributed by atoms with Gasteiger partial charge in [0.2, 0.25) is 0 Å². The standard InChI is InChI=1S/C9H14N2OS/c1-6-3-2-4-7(5-6)8-10-9(13)12-11-8/h6-7H,2-5H2,1H3,(H,10,11,13). The first kappa shape index (κ1) is 8.94. The van der Waals surface area contributed by atoms with Crippen LogP contribution in [0.25, 0.3) is 0 Å². The molecular weight excluding hydrogens is 184 g/mol. The van der Waals surface area contributed by atoms with E-state index in [4.69, 9.17) is 16.7 Å². The van der Waals surface area contributed by atoms with Crippen LogP contribution in [0.2, 0.25) is 0 Å². The van der Waals surface area contributed by atoms with Crippen molar-refractivity contribution in [3.8, 4) is 0 Å². The molecule has 0 saturated heterocycles. The molecule has 1 saturated carbocycles. The van der Waals surface area contributed by atoms with Gasteiger partial charge in [0.25, 0.3) is 0 Å². The van der Waals surface area contributed by atoms with Crippen molar-refractivity contribution in [1.29, 1.82) is 0 Å². The van der Waals surface area contributed by atoms with Gasteiger partial charge in [0.15, 0.2) is 0 Å². The monoisotopic (exact) mass is 198 g/mol. The third-order valence-corrected chi connectivity index (χ3v) is 2.95. The van der Waals surface area contributed by atoms with Crippen molar-refractivity contribution in [2.45, 2.75) is 38.5 Å². The second-order valence-corrected chi connectivity index (χ2v) is 4.29. The Morgan fingerprint density at radius 3 is 3.00 bits per heavy atom. The molecule has 3 nitrogen and oxygen atoms in total. The predicted molar refractivity (Wildman–Crippen MR) is 52.1 cm³/mol. The minimum Gasteiger partial charge on any atom is -0.348 e. The van der Waals surface area contributed by atoms with Crippen molar-refractivity contribution >= 4 is 12.2 Å². The van der Waals surface area contributed by atoms with Gasteiger partial charge in [-0.05, 0) is 31.0 Å². The van der Waals surface area contributed by atoms with Crippen molar-refractivity contribution in [3.63, 3.8) is 0 Å². The summed E-state index contributed by atoms with van der Waals surface area (Å²) in [5.41, 5.74) is 0. The van der Waals surface area contributed by atoms with E-state index in [-0.39, 0.29) is 0 Å². The molecule has 1 heterocycles. The maximum atomic E-state index is 4.93. The van der Waals surface area contributed by atoms with Gasteiger partial charge in [0.05, 0.1) is 0 Å². The summed E-state index contributed by atoms with van der Waals surface area (Å²) in [6.07, 6.45) is 5.05. The number of rotatable bonds is 1. The predicted octanol–water partition coefficient (Wildman–Crippen LogP) is 3.03. The average Bonchev–Trinajstić information content (AvgIpc) is 2.52. The molecule has 1 aromatic heterocycles. The molecule has 0 aliphatic heterocycles. The SMILES string of the molecule is CC1CCCC(c2nc(=S)o[nH]2)C1. The summed E-state index contributed by atoms with van der Waals surface area (Å²) in [4.78, 5) is 4.49. The Balaban J connectivity index is 2.12. The van der Waals surface area contributed by atoms with E-state index in [2.05, 4.69) is 17.1 Å². The molecule has 1 aromatic rings. The third kappa shape index (κ3) is 1.99. The van der Waals surface area contributed by atoms with Gasteiger partial charge in [-0.1, -0.05) is 19.8 Å². The second kappa shape index (κ2) is 3.62. The number of aromatic nitrogens is 2. The van der Waals surface area contributed by atoms with E-state index in [0.717, 1.165) is 11.7 Å². The van der Waals surface area contributed by atoms with E-state index < -0.39 is 0 Å². The Hall–Kier alpha value is -0.640. The first-order chi connectivity index (χ1) is 6.25. The summed E-state index contributed by atoms with van der Waals surface area (Å²) in [5.74, 6) is 2.28. The summed E-state index contributed by atoms with van der Waals surface area (Å²) in [7, 11) is 0. The van der Waals surface area contributed by atoms with Crippen LogP contribution >= 0.6 is 12.2 Å². The Kier molecular flexibility index (Phi) is 2.49. The van der Waals surface area contributed by atoms with E-state index in [0.29, 0.717) is 10.8 Å². The maximum absolute atomic E-state index is 4.93. The zero-order valence-electron chi connectivity index (χ0n) is 7.75. The molecule has 1 aliphatic carbocycles. The molecule has 0 aromatic carbocycles. The average molecular weight is 198 g/mol. The van der Waals surface area contributed by atoms with Gasteiger partial charge in [-0.3, -0.25) is 0 Å². The number of hydrogen-bond donors (Lipinski definition) is 1. The number of nitrogens with one attached hydrogen (secondary N) is 1. The quantitative estimate of drug-likeness (QED) is 0.705. The van der Waals surface area contributed by atoms with E-state index in [1.807, 2.05) is 0 Å². The Bertz CT molecular complexity index is 330. The van der Waals surface area contributed by atoms with Crippen LogP contribution in [0.5, 0.6) is 0 Å². The molecule has 1 fully saturated rings. The lowest BCUT2D eigenvalue weighted by Crippen LogP contribution is -2.12. The molecule has 0 spiro atoms. The van der Waals surface area contributed by atoms with Crippen molar-refractivity contribution in [2.75, 3.05) is 0 Å². The van der Waals surface area contributed by atoms with Gasteiger partial charge in [-0.15, -0.1) is 0 Å². The second-order valence-electron chi connectivity index (χ2n) is 3.94. The largest absolute Gasteiger partial charge is 0.348 e. The molecule has 0 bridgehead atoms. The zero-order chi connectivity index (χ0) is 9.26. The van der Waals surface area contributed by atoms with E-state index in [9.17, 15) is 0 Å². The fourth-order valence-electron chi connectivity index (χ4n) is 2.10. The third-order valence-electron chi connectivity index (χ3n) is 2.78. The van der Waals surface area contributed by atoms with E-state index in [1.165, 1.54) is 25.7 Å². The summed E-state index contributed by atoms with van der Waals surface area (Å²) in [6, 6.07) is 0. The Labute approximate surface area is 82.5 Å². The van der Waals surface area contributed by atoms with E-state index in [1.54, 1.807) is 0 Å². The van der Waals surface area contributed by atoms with Gasteiger partial charge in [-0.25, -0.2) is 5.16 Å². The number of H-pyrrole nitrogens is 1. The molecule has 13 heavy (non-hydrogen) atoms. The summed E-state index contributed by atoms with van der Waals surface area (Å²) in [6.45, 7) is 2.29. The van der Waals surface area contributed by atoms with Crippen LogP contribution in [0.4, 0.5) is 0 Å². The molecule has 4 heteroatoms. The lowest BCUT2D eigenvalue weighted by atomic mass is 9.82. The highest BCUT2D eigenvalue weighted by Gasteiger charge is 2.22. The van der Waals surface area contributed by atoms with Crippen LogP contribution in [0, 0.1) is 10.8 Å². The lowest BCUT2D eigenvalue weighted by Gasteiger charge is -2.24. The van der Waals surface area contributed by atoms with Crippen molar-refractivity contribution in [3.05, 3.63) is 10.7 Å². The number of nitrogens with zero attached hydrogens (tertiary/aromatic N) is 1. The van der Waals surface area contributed by atoms with Gasteiger partial charge in [0, 0.05) is 5.92 Å². The summed E-state index contributed by atoms with van der Waals surface area (Å²) < 4.78 is 4.93. The smallest absolute Gasteiger partial charge is 0.314 e. The molecule has 1 aliphatic rings. The highest BCUT2D eigenvalue weighted by atomic mass is 32.1. The van der Waals surface area contributed by atoms with E-state index >= 15 is 0 Å². The number of hydrogen-bond acceptors (Lipinski definition) is 3. The van der Waals surface area contributed by atoms with Crippen LogP contribution in [0.1, 0.15) is 44.3 Å². The minimum absolute atomic E-state index is 0.327. The fraction of sp³-hybridized carbons (Fsp3) is 0.778. The maximum Gasteiger partial charge on any atom is 0.314 e. The molecule has 2 unspecified atom stereocenters. The summed E-state index contributed by atoms with van der Waals surface area (Å²) >= 11 is 4.82. The normalized spacial score (nSPS) is 29.0. The number of aromatic amines is 1. The molecule has 0 radical (unpaired) electrons. The molecule has 2 rings (SSSR count). The van der Waals surface area contributed by atoms with Gasteiger partial charge >= 0.3 is 4.84 Å². The van der Waals surface area contributed by atoms with Crippen molar-refractivity contribution < 1.29 is 4.52 Å². The first-order valence-corrected chi connectivity index (χ1v) is 5.22. The van der Waals surface area contributed by atoms with Crippen LogP contribution in [-0.2, 0) is 0 Å². The first-order valence-electron chi connectivity index (χ1n) is 4.81. The zero-order valence-corrected chi connectivity index (χ0v) is 8.56. The van der Waals surface area contributed by atoms with Crippen molar-refractivity contribution in [1.82, 2.24) is 10.1 Å². The molecule has 2 atom stereocenters. The van der Waals surface area contributed by atoms with Crippen LogP contribution in [0.15, 0.2) is 4.52 Å². The van der Waals surface area contributed by atoms with Gasteiger partial charge < -0.3 is 4.52 Å². The van der Waals surface area contributed by atoms with Crippen LogP contribution in [-0.4, -0.2) is 10.1 Å². The lowest BCUT2D eigenvalue weighted by molar-refractivity contribution is 0.322.